The van der Waals surface area contributed by atoms with Crippen molar-refractivity contribution in [2.24, 2.45) is 0 Å². The third kappa shape index (κ3) is 2.21. The number of aromatic amines is 1. The molecule has 0 aliphatic rings. The van der Waals surface area contributed by atoms with Crippen LogP contribution >= 0.6 is 0 Å². The summed E-state index contributed by atoms with van der Waals surface area (Å²) in [4.78, 5) is 15.3. The van der Waals surface area contributed by atoms with Gasteiger partial charge in [-0.3, -0.25) is 4.79 Å². The zero-order valence-electron chi connectivity index (χ0n) is 14.6. The van der Waals surface area contributed by atoms with Crippen LogP contribution in [0.15, 0.2) is 35.1 Å². The van der Waals surface area contributed by atoms with Crippen molar-refractivity contribution >= 4 is 27.6 Å². The minimum atomic E-state index is -0.349. The summed E-state index contributed by atoms with van der Waals surface area (Å²) in [5.41, 5.74) is 9.63. The number of phenolic OH excluding ortho intramolecular Hbond substituents is 1. The number of nitrogens with zero attached hydrogens (tertiary/aromatic N) is 2. The molecule has 0 radical (unpaired) electrons. The quantitative estimate of drug-likeness (QED) is 0.515. The van der Waals surface area contributed by atoms with Crippen LogP contribution in [0.4, 0.5) is 5.82 Å². The van der Waals surface area contributed by atoms with Gasteiger partial charge in [0, 0.05) is 17.5 Å². The lowest BCUT2D eigenvalue weighted by Gasteiger charge is -2.12. The van der Waals surface area contributed by atoms with Crippen LogP contribution in [0.2, 0.25) is 0 Å². The number of aryl methyl sites for hydroxylation is 2. The molecule has 26 heavy (non-hydrogen) atoms. The van der Waals surface area contributed by atoms with E-state index in [9.17, 15) is 9.90 Å². The lowest BCUT2D eigenvalue weighted by Crippen LogP contribution is -2.09. The highest BCUT2D eigenvalue weighted by atomic mass is 16.5. The molecule has 7 heteroatoms. The van der Waals surface area contributed by atoms with Crippen molar-refractivity contribution in [3.8, 4) is 17.2 Å². The van der Waals surface area contributed by atoms with Crippen LogP contribution in [0, 0.1) is 13.8 Å². The summed E-state index contributed by atoms with van der Waals surface area (Å²) in [6.45, 7) is 3.91. The van der Waals surface area contributed by atoms with Crippen molar-refractivity contribution in [3.05, 3.63) is 51.8 Å². The van der Waals surface area contributed by atoms with E-state index >= 15 is 0 Å². The molecular weight excluding hydrogens is 332 g/mol. The molecule has 0 bridgehead atoms. The third-order valence-electron chi connectivity index (χ3n) is 4.60. The van der Waals surface area contributed by atoms with Crippen LogP contribution in [0.3, 0.4) is 0 Å². The predicted octanol–water partition coefficient (Wildman–Crippen LogP) is 2.78. The predicted molar refractivity (Wildman–Crippen MR) is 101 cm³/mol. The van der Waals surface area contributed by atoms with Crippen LogP contribution in [-0.4, -0.2) is 27.0 Å². The Labute approximate surface area is 148 Å². The Bertz CT molecular complexity index is 1240. The Balaban J connectivity index is 2.10. The lowest BCUT2D eigenvalue weighted by molar-refractivity contribution is 0.411. The first-order valence-electron chi connectivity index (χ1n) is 8.09. The fourth-order valence-electron chi connectivity index (χ4n) is 3.32. The molecule has 0 atom stereocenters. The van der Waals surface area contributed by atoms with Gasteiger partial charge in [0.05, 0.1) is 18.3 Å². The Kier molecular flexibility index (Phi) is 3.40. The summed E-state index contributed by atoms with van der Waals surface area (Å²) >= 11 is 0. The molecule has 0 aliphatic heterocycles. The van der Waals surface area contributed by atoms with E-state index in [2.05, 4.69) is 10.1 Å². The molecule has 0 unspecified atom stereocenters. The minimum Gasteiger partial charge on any atom is -0.508 e. The van der Waals surface area contributed by atoms with E-state index < -0.39 is 0 Å². The molecule has 7 nitrogen and oxygen atoms in total. The van der Waals surface area contributed by atoms with Gasteiger partial charge in [0.25, 0.3) is 5.56 Å². The Morgan fingerprint density at radius 1 is 1.19 bits per heavy atom. The van der Waals surface area contributed by atoms with Gasteiger partial charge in [-0.05, 0) is 37.1 Å². The van der Waals surface area contributed by atoms with E-state index in [-0.39, 0.29) is 17.1 Å². The van der Waals surface area contributed by atoms with Gasteiger partial charge >= 0.3 is 0 Å². The van der Waals surface area contributed by atoms with Gasteiger partial charge in [-0.1, -0.05) is 6.07 Å². The van der Waals surface area contributed by atoms with Crippen molar-refractivity contribution in [3.63, 3.8) is 0 Å². The summed E-state index contributed by atoms with van der Waals surface area (Å²) in [5, 5.41) is 15.3. The SMILES string of the molecule is COc1cc(-n2nc3c(c2N)c(=O)[nH]c2cc(O)ccc23)c(C)cc1C. The average molecular weight is 350 g/mol. The second-order valence-corrected chi connectivity index (χ2v) is 6.31. The number of pyridine rings is 1. The second kappa shape index (κ2) is 5.52. The maximum absolute atomic E-state index is 12.5. The van der Waals surface area contributed by atoms with E-state index in [0.29, 0.717) is 27.6 Å². The zero-order chi connectivity index (χ0) is 18.6. The number of nitrogens with one attached hydrogen (secondary N) is 1. The molecule has 4 aromatic rings. The number of rotatable bonds is 2. The van der Waals surface area contributed by atoms with E-state index in [4.69, 9.17) is 10.5 Å². The third-order valence-corrected chi connectivity index (χ3v) is 4.60. The molecule has 0 fully saturated rings. The van der Waals surface area contributed by atoms with E-state index in [1.165, 1.54) is 6.07 Å². The number of nitrogen functional groups attached to an aromatic ring is 1. The van der Waals surface area contributed by atoms with Crippen LogP contribution < -0.4 is 16.0 Å². The van der Waals surface area contributed by atoms with Crippen LogP contribution in [0.5, 0.6) is 11.5 Å². The summed E-state index contributed by atoms with van der Waals surface area (Å²) in [5.74, 6) is 1.04. The highest BCUT2D eigenvalue weighted by Crippen LogP contribution is 2.31. The largest absolute Gasteiger partial charge is 0.508 e. The summed E-state index contributed by atoms with van der Waals surface area (Å²) < 4.78 is 6.96. The molecule has 0 saturated carbocycles. The fraction of sp³-hybridized carbons (Fsp3) is 0.158. The minimum absolute atomic E-state index is 0.0685. The normalized spacial score (nSPS) is 11.3. The smallest absolute Gasteiger partial charge is 0.261 e. The topological polar surface area (TPSA) is 106 Å². The van der Waals surface area contributed by atoms with Gasteiger partial charge in [-0.15, -0.1) is 0 Å². The standard InChI is InChI=1S/C19H18N4O3/c1-9-6-10(2)15(26-3)8-14(9)23-18(20)16-17(22-23)12-5-4-11(24)7-13(12)21-19(16)25/h4-8,24H,20H2,1-3H3,(H,21,25). The number of hydrogen-bond donors (Lipinski definition) is 3. The number of anilines is 1. The number of nitrogens with two attached hydrogens (primary N) is 1. The highest BCUT2D eigenvalue weighted by Gasteiger charge is 2.18. The number of aromatic nitrogens is 3. The molecule has 4 N–H and O–H groups in total. The van der Waals surface area contributed by atoms with E-state index in [1.807, 2.05) is 26.0 Å². The van der Waals surface area contributed by atoms with Crippen molar-refractivity contribution in [2.75, 3.05) is 12.8 Å². The number of phenols is 1. The number of benzene rings is 2. The van der Waals surface area contributed by atoms with Gasteiger partial charge in [0.15, 0.2) is 0 Å². The first-order chi connectivity index (χ1) is 12.4. The maximum Gasteiger partial charge on any atom is 0.261 e. The molecule has 0 aliphatic carbocycles. The highest BCUT2D eigenvalue weighted by molar-refractivity contribution is 6.07. The average Bonchev–Trinajstić information content (AvgIpc) is 2.93. The van der Waals surface area contributed by atoms with Gasteiger partial charge < -0.3 is 20.6 Å². The van der Waals surface area contributed by atoms with Crippen molar-refractivity contribution in [2.45, 2.75) is 13.8 Å². The van der Waals surface area contributed by atoms with Gasteiger partial charge in [0.2, 0.25) is 0 Å². The van der Waals surface area contributed by atoms with Gasteiger partial charge in [0.1, 0.15) is 28.2 Å². The number of aromatic hydroxyl groups is 1. The molecule has 2 heterocycles. The van der Waals surface area contributed by atoms with E-state index in [1.54, 1.807) is 23.9 Å². The molecule has 2 aromatic carbocycles. The van der Waals surface area contributed by atoms with Gasteiger partial charge in [-0.2, -0.15) is 5.10 Å². The molecule has 0 spiro atoms. The van der Waals surface area contributed by atoms with Gasteiger partial charge in [-0.25, -0.2) is 4.68 Å². The summed E-state index contributed by atoms with van der Waals surface area (Å²) in [6, 6.07) is 8.60. The number of ether oxygens (including phenoxy) is 1. The second-order valence-electron chi connectivity index (χ2n) is 6.31. The fourth-order valence-corrected chi connectivity index (χ4v) is 3.32. The molecule has 2 aromatic heterocycles. The molecule has 4 rings (SSSR count). The van der Waals surface area contributed by atoms with Crippen LogP contribution in [0.25, 0.3) is 27.5 Å². The van der Waals surface area contributed by atoms with Crippen LogP contribution in [-0.2, 0) is 0 Å². The number of H-pyrrole nitrogens is 1. The van der Waals surface area contributed by atoms with Crippen molar-refractivity contribution in [1.82, 2.24) is 14.8 Å². The first kappa shape index (κ1) is 16.0. The molecule has 0 amide bonds. The maximum atomic E-state index is 12.5. The molecule has 132 valence electrons. The number of hydrogen-bond acceptors (Lipinski definition) is 5. The Morgan fingerprint density at radius 2 is 1.96 bits per heavy atom. The van der Waals surface area contributed by atoms with Crippen LogP contribution in [0.1, 0.15) is 11.1 Å². The number of methoxy groups -OCH3 is 1. The lowest BCUT2D eigenvalue weighted by atomic mass is 10.1. The monoisotopic (exact) mass is 350 g/mol. The first-order valence-corrected chi connectivity index (χ1v) is 8.09. The van der Waals surface area contributed by atoms with E-state index in [0.717, 1.165) is 16.8 Å². The molecule has 0 saturated heterocycles. The summed E-state index contributed by atoms with van der Waals surface area (Å²) in [7, 11) is 1.61. The Hall–Kier alpha value is -3.48. The van der Waals surface area contributed by atoms with Crippen molar-refractivity contribution in [1.29, 1.82) is 0 Å². The summed E-state index contributed by atoms with van der Waals surface area (Å²) in [6.07, 6.45) is 0. The zero-order valence-corrected chi connectivity index (χ0v) is 14.6. The molecular formula is C19H18N4O3. The Morgan fingerprint density at radius 3 is 2.69 bits per heavy atom. The number of fused-ring (bicyclic) bond motifs is 3. The van der Waals surface area contributed by atoms with Crippen molar-refractivity contribution < 1.29 is 9.84 Å².